The van der Waals surface area contributed by atoms with E-state index >= 15 is 0 Å². The van der Waals surface area contributed by atoms with E-state index in [1.54, 1.807) is 13.3 Å². The van der Waals surface area contributed by atoms with E-state index in [2.05, 4.69) is 10.3 Å². The Bertz CT molecular complexity index is 573. The average molecular weight is 259 g/mol. The topological polar surface area (TPSA) is 56.1 Å². The summed E-state index contributed by atoms with van der Waals surface area (Å²) in [6.07, 6.45) is 2.18. The molecule has 0 aliphatic carbocycles. The van der Waals surface area contributed by atoms with Crippen LogP contribution in [0.4, 0.5) is 5.95 Å². The molecule has 1 N–H and O–H groups in total. The number of rotatable bonds is 4. The first-order chi connectivity index (χ1) is 9.15. The summed E-state index contributed by atoms with van der Waals surface area (Å²) < 4.78 is 6.98. The van der Waals surface area contributed by atoms with Gasteiger partial charge in [-0.15, -0.1) is 0 Å². The van der Waals surface area contributed by atoms with Gasteiger partial charge in [0.1, 0.15) is 5.75 Å². The molecule has 1 heterocycles. The summed E-state index contributed by atoms with van der Waals surface area (Å²) in [6, 6.07) is 7.71. The summed E-state index contributed by atoms with van der Waals surface area (Å²) in [7, 11) is 3.51. The summed E-state index contributed by atoms with van der Waals surface area (Å²) in [6.45, 7) is 1.81. The minimum Gasteiger partial charge on any atom is -0.497 e. The van der Waals surface area contributed by atoms with Gasteiger partial charge in [-0.05, 0) is 24.3 Å². The Morgan fingerprint density at radius 1 is 1.37 bits per heavy atom. The molecular weight excluding hydrogens is 242 g/mol. The number of imidazole rings is 1. The van der Waals surface area contributed by atoms with Gasteiger partial charge in [-0.25, -0.2) is 4.98 Å². The van der Waals surface area contributed by atoms with Crippen molar-refractivity contribution in [2.24, 2.45) is 7.05 Å². The molecule has 100 valence electrons. The van der Waals surface area contributed by atoms with Gasteiger partial charge in [-0.3, -0.25) is 10.1 Å². The molecule has 0 atom stereocenters. The number of nitrogens with zero attached hydrogens (tertiary/aromatic N) is 2. The van der Waals surface area contributed by atoms with Crippen molar-refractivity contribution in [2.75, 3.05) is 12.4 Å². The molecule has 0 fully saturated rings. The van der Waals surface area contributed by atoms with E-state index in [1.807, 2.05) is 42.8 Å². The molecule has 0 aliphatic rings. The number of methoxy groups -OCH3 is 1. The number of hydrogen-bond donors (Lipinski definition) is 1. The Morgan fingerprint density at radius 2 is 2.05 bits per heavy atom. The zero-order valence-electron chi connectivity index (χ0n) is 11.3. The molecule has 2 rings (SSSR count). The van der Waals surface area contributed by atoms with Gasteiger partial charge in [0.2, 0.25) is 11.9 Å². The lowest BCUT2D eigenvalue weighted by Gasteiger charge is -2.07. The van der Waals surface area contributed by atoms with Crippen LogP contribution < -0.4 is 10.1 Å². The Morgan fingerprint density at radius 3 is 2.63 bits per heavy atom. The first kappa shape index (κ1) is 13.1. The lowest BCUT2D eigenvalue weighted by atomic mass is 10.1. The molecule has 0 radical (unpaired) electrons. The zero-order chi connectivity index (χ0) is 13.8. The summed E-state index contributed by atoms with van der Waals surface area (Å²) in [5.74, 6) is 1.32. The lowest BCUT2D eigenvalue weighted by Crippen LogP contribution is -2.13. The molecule has 1 amide bonds. The number of anilines is 1. The summed E-state index contributed by atoms with van der Waals surface area (Å²) >= 11 is 0. The second-order valence-electron chi connectivity index (χ2n) is 4.16. The Balaban J connectivity index is 2.27. The van der Waals surface area contributed by atoms with Crippen molar-refractivity contribution in [1.29, 1.82) is 0 Å². The number of amides is 1. The van der Waals surface area contributed by atoms with Crippen molar-refractivity contribution in [2.45, 2.75) is 13.3 Å². The van der Waals surface area contributed by atoms with Crippen LogP contribution in [0, 0.1) is 0 Å². The number of hydrogen-bond acceptors (Lipinski definition) is 3. The van der Waals surface area contributed by atoms with Gasteiger partial charge in [0.25, 0.3) is 0 Å². The maximum atomic E-state index is 11.4. The highest BCUT2D eigenvalue weighted by Crippen LogP contribution is 2.24. The summed E-state index contributed by atoms with van der Waals surface area (Å²) in [5, 5.41) is 2.76. The highest BCUT2D eigenvalue weighted by Gasteiger charge is 2.10. The SMILES string of the molecule is CCC(=O)Nc1ncc(-c2ccc(OC)cc2)n1C. The van der Waals surface area contributed by atoms with Gasteiger partial charge in [-0.2, -0.15) is 0 Å². The Kier molecular flexibility index (Phi) is 3.85. The number of aromatic nitrogens is 2. The maximum absolute atomic E-state index is 11.4. The van der Waals surface area contributed by atoms with E-state index in [0.717, 1.165) is 17.0 Å². The van der Waals surface area contributed by atoms with Crippen LogP contribution in [0.3, 0.4) is 0 Å². The molecule has 2 aromatic rings. The van der Waals surface area contributed by atoms with Crippen LogP contribution in [0.15, 0.2) is 30.5 Å². The molecule has 0 aliphatic heterocycles. The highest BCUT2D eigenvalue weighted by atomic mass is 16.5. The van der Waals surface area contributed by atoms with Gasteiger partial charge in [0, 0.05) is 19.0 Å². The fraction of sp³-hybridized carbons (Fsp3) is 0.286. The highest BCUT2D eigenvalue weighted by molar-refractivity contribution is 5.89. The van der Waals surface area contributed by atoms with Crippen molar-refractivity contribution in [3.63, 3.8) is 0 Å². The van der Waals surface area contributed by atoms with Crippen LogP contribution in [0.5, 0.6) is 5.75 Å². The molecule has 0 saturated heterocycles. The molecule has 1 aromatic heterocycles. The van der Waals surface area contributed by atoms with E-state index in [4.69, 9.17) is 4.74 Å². The van der Waals surface area contributed by atoms with E-state index < -0.39 is 0 Å². The molecule has 5 nitrogen and oxygen atoms in total. The van der Waals surface area contributed by atoms with Gasteiger partial charge in [-0.1, -0.05) is 6.92 Å². The standard InChI is InChI=1S/C14H17N3O2/c1-4-13(18)16-14-15-9-12(17(14)2)10-5-7-11(19-3)8-6-10/h5-9H,4H2,1-3H3,(H,15,16,18). The van der Waals surface area contributed by atoms with E-state index in [9.17, 15) is 4.79 Å². The molecule has 5 heteroatoms. The third-order valence-electron chi connectivity index (χ3n) is 2.95. The minimum atomic E-state index is -0.0463. The van der Waals surface area contributed by atoms with Gasteiger partial charge in [0.15, 0.2) is 0 Å². The summed E-state index contributed by atoms with van der Waals surface area (Å²) in [4.78, 5) is 15.6. The van der Waals surface area contributed by atoms with Crippen molar-refractivity contribution in [3.05, 3.63) is 30.5 Å². The number of carbonyl (C=O) groups is 1. The predicted octanol–water partition coefficient (Wildman–Crippen LogP) is 2.44. The van der Waals surface area contributed by atoms with Gasteiger partial charge in [0.05, 0.1) is 19.0 Å². The van der Waals surface area contributed by atoms with Gasteiger partial charge < -0.3 is 9.30 Å². The van der Waals surface area contributed by atoms with Crippen molar-refractivity contribution in [3.8, 4) is 17.0 Å². The normalized spacial score (nSPS) is 10.3. The summed E-state index contributed by atoms with van der Waals surface area (Å²) in [5.41, 5.74) is 1.96. The van der Waals surface area contributed by atoms with E-state index in [1.165, 1.54) is 0 Å². The van der Waals surface area contributed by atoms with Crippen molar-refractivity contribution in [1.82, 2.24) is 9.55 Å². The monoisotopic (exact) mass is 259 g/mol. The number of ether oxygens (including phenoxy) is 1. The Hall–Kier alpha value is -2.30. The Labute approximate surface area is 112 Å². The zero-order valence-corrected chi connectivity index (χ0v) is 11.3. The maximum Gasteiger partial charge on any atom is 0.226 e. The fourth-order valence-electron chi connectivity index (χ4n) is 1.77. The first-order valence-electron chi connectivity index (χ1n) is 6.11. The van der Waals surface area contributed by atoms with Crippen LogP contribution in [0.2, 0.25) is 0 Å². The van der Waals surface area contributed by atoms with Crippen molar-refractivity contribution >= 4 is 11.9 Å². The quantitative estimate of drug-likeness (QED) is 0.917. The van der Waals surface area contributed by atoms with Crippen LogP contribution in [-0.4, -0.2) is 22.6 Å². The predicted molar refractivity (Wildman–Crippen MR) is 74.1 cm³/mol. The van der Waals surface area contributed by atoms with Crippen LogP contribution >= 0.6 is 0 Å². The molecule has 0 bridgehead atoms. The second-order valence-corrected chi connectivity index (χ2v) is 4.16. The van der Waals surface area contributed by atoms with Crippen LogP contribution in [-0.2, 0) is 11.8 Å². The molecule has 19 heavy (non-hydrogen) atoms. The molecule has 0 saturated carbocycles. The van der Waals surface area contributed by atoms with E-state index in [0.29, 0.717) is 12.4 Å². The molecular formula is C14H17N3O2. The average Bonchev–Trinajstić information content (AvgIpc) is 2.80. The van der Waals surface area contributed by atoms with Crippen LogP contribution in [0.1, 0.15) is 13.3 Å². The van der Waals surface area contributed by atoms with Gasteiger partial charge >= 0.3 is 0 Å². The molecule has 0 spiro atoms. The largest absolute Gasteiger partial charge is 0.497 e. The van der Waals surface area contributed by atoms with Crippen molar-refractivity contribution < 1.29 is 9.53 Å². The molecule has 0 unspecified atom stereocenters. The number of benzene rings is 1. The third kappa shape index (κ3) is 2.76. The lowest BCUT2D eigenvalue weighted by molar-refractivity contribution is -0.115. The minimum absolute atomic E-state index is 0.0463. The second kappa shape index (κ2) is 5.56. The smallest absolute Gasteiger partial charge is 0.226 e. The number of carbonyl (C=O) groups excluding carboxylic acids is 1. The first-order valence-corrected chi connectivity index (χ1v) is 6.11. The third-order valence-corrected chi connectivity index (χ3v) is 2.95. The van der Waals surface area contributed by atoms with E-state index in [-0.39, 0.29) is 5.91 Å². The van der Waals surface area contributed by atoms with Crippen LogP contribution in [0.25, 0.3) is 11.3 Å². The number of nitrogens with one attached hydrogen (secondary N) is 1. The fourth-order valence-corrected chi connectivity index (χ4v) is 1.77. The molecule has 1 aromatic carbocycles.